The van der Waals surface area contributed by atoms with E-state index in [-0.39, 0.29) is 11.1 Å². The van der Waals surface area contributed by atoms with Crippen LogP contribution in [0.5, 0.6) is 5.75 Å². The number of fused-ring (bicyclic) bond motifs is 1. The number of alkyl halides is 3. The molecule has 168 valence electrons. The Hall–Kier alpha value is -3.29. The van der Waals surface area contributed by atoms with E-state index in [1.54, 1.807) is 48.5 Å². The highest BCUT2D eigenvalue weighted by molar-refractivity contribution is 6.00. The number of hydrogen-bond acceptors (Lipinski definition) is 3. The van der Waals surface area contributed by atoms with Gasteiger partial charge in [0.15, 0.2) is 0 Å². The van der Waals surface area contributed by atoms with E-state index in [0.717, 1.165) is 12.8 Å². The molecule has 0 aliphatic carbocycles. The molecular formula is C24H23F3N2O3. The third-order valence-electron chi connectivity index (χ3n) is 5.91. The molecule has 4 rings (SSSR count). The second kappa shape index (κ2) is 8.33. The molecule has 0 bridgehead atoms. The number of pyridine rings is 1. The summed E-state index contributed by atoms with van der Waals surface area (Å²) in [5, 5.41) is 1.06. The van der Waals surface area contributed by atoms with Crippen molar-refractivity contribution >= 4 is 16.7 Å². The molecule has 0 atom stereocenters. The molecule has 0 unspecified atom stereocenters. The highest BCUT2D eigenvalue weighted by atomic mass is 19.4. The highest BCUT2D eigenvalue weighted by Gasteiger charge is 2.34. The predicted octanol–water partition coefficient (Wildman–Crippen LogP) is 4.98. The minimum absolute atomic E-state index is 0.130. The Morgan fingerprint density at radius 1 is 1.06 bits per heavy atom. The van der Waals surface area contributed by atoms with Crippen molar-refractivity contribution in [3.8, 4) is 16.9 Å². The molecule has 1 aliphatic heterocycles. The first-order chi connectivity index (χ1) is 15.1. The van der Waals surface area contributed by atoms with Gasteiger partial charge >= 0.3 is 6.36 Å². The van der Waals surface area contributed by atoms with Gasteiger partial charge in [0.1, 0.15) is 5.75 Å². The maximum absolute atomic E-state index is 13.2. The summed E-state index contributed by atoms with van der Waals surface area (Å²) in [7, 11) is 1.58. The van der Waals surface area contributed by atoms with Gasteiger partial charge in [-0.3, -0.25) is 9.59 Å². The zero-order valence-corrected chi connectivity index (χ0v) is 17.8. The number of aryl methyl sites for hydroxylation is 1. The van der Waals surface area contributed by atoms with Crippen molar-refractivity contribution in [2.45, 2.75) is 26.1 Å². The van der Waals surface area contributed by atoms with E-state index in [2.05, 4.69) is 11.7 Å². The lowest BCUT2D eigenvalue weighted by atomic mass is 9.97. The molecule has 1 aliphatic rings. The quantitative estimate of drug-likeness (QED) is 0.573. The van der Waals surface area contributed by atoms with Crippen LogP contribution in [0.4, 0.5) is 13.2 Å². The van der Waals surface area contributed by atoms with Crippen LogP contribution in [-0.2, 0) is 7.05 Å². The number of carbonyl (C=O) groups excluding carboxylic acids is 1. The van der Waals surface area contributed by atoms with Crippen LogP contribution >= 0.6 is 0 Å². The molecule has 1 amide bonds. The summed E-state index contributed by atoms with van der Waals surface area (Å²) in [5.74, 6) is -0.546. The summed E-state index contributed by atoms with van der Waals surface area (Å²) >= 11 is 0. The van der Waals surface area contributed by atoms with Crippen molar-refractivity contribution in [3.63, 3.8) is 0 Å². The van der Waals surface area contributed by atoms with Gasteiger partial charge in [0, 0.05) is 37.3 Å². The first kappa shape index (κ1) is 21.9. The molecule has 1 fully saturated rings. The molecule has 0 spiro atoms. The molecule has 2 aromatic carbocycles. The Kier molecular flexibility index (Phi) is 5.71. The number of likely N-dealkylation sites (tertiary alicyclic amines) is 1. The standard InChI is InChI=1S/C24H23F3N2O3/c1-15-9-11-29(12-10-15)23(31)19-8-7-16(13-21(19)32-24(25,26)27)20-14-28(2)22(30)18-6-4-3-5-17(18)20/h3-8,13-15H,9-12H2,1-2H3. The number of nitrogens with zero attached hydrogens (tertiary/aromatic N) is 2. The third kappa shape index (κ3) is 4.35. The second-order valence-corrected chi connectivity index (χ2v) is 8.24. The van der Waals surface area contributed by atoms with E-state index in [4.69, 9.17) is 0 Å². The molecule has 0 radical (unpaired) electrons. The van der Waals surface area contributed by atoms with Gasteiger partial charge in [-0.2, -0.15) is 0 Å². The number of hydrogen-bond donors (Lipinski definition) is 0. The molecule has 0 saturated carbocycles. The first-order valence-electron chi connectivity index (χ1n) is 10.4. The van der Waals surface area contributed by atoms with Crippen molar-refractivity contribution in [1.29, 1.82) is 0 Å². The lowest BCUT2D eigenvalue weighted by Gasteiger charge is -2.31. The van der Waals surface area contributed by atoms with Crippen LogP contribution in [0.25, 0.3) is 21.9 Å². The van der Waals surface area contributed by atoms with Gasteiger partial charge in [-0.25, -0.2) is 0 Å². The average molecular weight is 444 g/mol. The fourth-order valence-corrected chi connectivity index (χ4v) is 4.10. The number of benzene rings is 2. The Morgan fingerprint density at radius 3 is 2.38 bits per heavy atom. The lowest BCUT2D eigenvalue weighted by Crippen LogP contribution is -2.38. The average Bonchev–Trinajstić information content (AvgIpc) is 2.75. The smallest absolute Gasteiger partial charge is 0.405 e. The monoisotopic (exact) mass is 444 g/mol. The van der Waals surface area contributed by atoms with Crippen LogP contribution in [-0.4, -0.2) is 34.8 Å². The van der Waals surface area contributed by atoms with Gasteiger partial charge in [-0.1, -0.05) is 31.2 Å². The minimum atomic E-state index is -4.95. The fraction of sp³-hybridized carbons (Fsp3) is 0.333. The van der Waals surface area contributed by atoms with Crippen LogP contribution in [0.1, 0.15) is 30.1 Å². The topological polar surface area (TPSA) is 51.5 Å². The Bertz CT molecular complexity index is 1230. The van der Waals surface area contributed by atoms with Gasteiger partial charge in [0.25, 0.3) is 11.5 Å². The summed E-state index contributed by atoms with van der Waals surface area (Å²) in [6.07, 6.45) is -1.76. The number of ether oxygens (including phenoxy) is 1. The van der Waals surface area contributed by atoms with Crippen LogP contribution in [0.2, 0.25) is 0 Å². The Balaban J connectivity index is 1.82. The van der Waals surface area contributed by atoms with E-state index < -0.39 is 18.0 Å². The van der Waals surface area contributed by atoms with E-state index in [1.165, 1.54) is 16.7 Å². The van der Waals surface area contributed by atoms with Crippen molar-refractivity contribution < 1.29 is 22.7 Å². The first-order valence-corrected chi connectivity index (χ1v) is 10.4. The molecular weight excluding hydrogens is 421 g/mol. The Labute approximate surface area is 183 Å². The number of halogens is 3. The fourth-order valence-electron chi connectivity index (χ4n) is 4.10. The normalized spacial score (nSPS) is 15.2. The number of piperidine rings is 1. The maximum atomic E-state index is 13.2. The highest BCUT2D eigenvalue weighted by Crippen LogP contribution is 2.35. The third-order valence-corrected chi connectivity index (χ3v) is 5.91. The number of rotatable bonds is 3. The predicted molar refractivity (Wildman–Crippen MR) is 116 cm³/mol. The number of amides is 1. The van der Waals surface area contributed by atoms with Crippen LogP contribution < -0.4 is 10.3 Å². The molecule has 1 saturated heterocycles. The minimum Gasteiger partial charge on any atom is -0.405 e. The molecule has 3 aromatic rings. The summed E-state index contributed by atoms with van der Waals surface area (Å²) in [5.41, 5.74) is 0.650. The van der Waals surface area contributed by atoms with E-state index in [9.17, 15) is 22.8 Å². The van der Waals surface area contributed by atoms with Gasteiger partial charge in [-0.05, 0) is 47.9 Å². The Morgan fingerprint density at radius 2 is 1.72 bits per heavy atom. The number of carbonyl (C=O) groups is 1. The van der Waals surface area contributed by atoms with Crippen molar-refractivity contribution in [3.05, 3.63) is 64.6 Å². The molecule has 32 heavy (non-hydrogen) atoms. The number of aromatic nitrogens is 1. The maximum Gasteiger partial charge on any atom is 0.573 e. The SMILES string of the molecule is CC1CCN(C(=O)c2ccc(-c3cn(C)c(=O)c4ccccc34)cc2OC(F)(F)F)CC1. The van der Waals surface area contributed by atoms with Crippen LogP contribution in [0.15, 0.2) is 53.5 Å². The van der Waals surface area contributed by atoms with Gasteiger partial charge in [0.05, 0.1) is 5.56 Å². The zero-order valence-electron chi connectivity index (χ0n) is 17.8. The zero-order chi connectivity index (χ0) is 23.0. The van der Waals surface area contributed by atoms with E-state index in [1.807, 2.05) is 0 Å². The largest absolute Gasteiger partial charge is 0.573 e. The lowest BCUT2D eigenvalue weighted by molar-refractivity contribution is -0.274. The second-order valence-electron chi connectivity index (χ2n) is 8.24. The van der Waals surface area contributed by atoms with E-state index in [0.29, 0.717) is 40.9 Å². The van der Waals surface area contributed by atoms with Gasteiger partial charge < -0.3 is 14.2 Å². The summed E-state index contributed by atoms with van der Waals surface area (Å²) in [6.45, 7) is 3.09. The van der Waals surface area contributed by atoms with Crippen molar-refractivity contribution in [2.75, 3.05) is 13.1 Å². The van der Waals surface area contributed by atoms with E-state index >= 15 is 0 Å². The summed E-state index contributed by atoms with van der Waals surface area (Å²) < 4.78 is 45.2. The van der Waals surface area contributed by atoms with Crippen molar-refractivity contribution in [1.82, 2.24) is 9.47 Å². The summed E-state index contributed by atoms with van der Waals surface area (Å²) in [6, 6.07) is 11.1. The van der Waals surface area contributed by atoms with Crippen molar-refractivity contribution in [2.24, 2.45) is 13.0 Å². The van der Waals surface area contributed by atoms with Gasteiger partial charge in [0.2, 0.25) is 0 Å². The molecule has 0 N–H and O–H groups in total. The molecule has 8 heteroatoms. The van der Waals surface area contributed by atoms with Gasteiger partial charge in [-0.15, -0.1) is 13.2 Å². The molecule has 5 nitrogen and oxygen atoms in total. The molecule has 2 heterocycles. The summed E-state index contributed by atoms with van der Waals surface area (Å²) in [4.78, 5) is 27.0. The van der Waals surface area contributed by atoms with Crippen LogP contribution in [0, 0.1) is 5.92 Å². The molecule has 1 aromatic heterocycles. The van der Waals surface area contributed by atoms with Crippen LogP contribution in [0.3, 0.4) is 0 Å².